The summed E-state index contributed by atoms with van der Waals surface area (Å²) >= 11 is 5.43. The molecule has 0 unspecified atom stereocenters. The summed E-state index contributed by atoms with van der Waals surface area (Å²) in [5, 5.41) is 4.81. The van der Waals surface area contributed by atoms with Gasteiger partial charge in [0, 0.05) is 5.69 Å². The lowest BCUT2D eigenvalue weighted by Gasteiger charge is -2.06. The van der Waals surface area contributed by atoms with E-state index in [0.29, 0.717) is 0 Å². The maximum absolute atomic E-state index is 11.2. The standard InChI is InChI=1S/C13H12ClNO2/c1-17-12-5-3-9-6-11(15-13(16)8-14)4-2-10(9)7-12/h2-7H,8H2,1H3,(H,15,16). The highest BCUT2D eigenvalue weighted by Gasteiger charge is 2.02. The van der Waals surface area contributed by atoms with Crippen molar-refractivity contribution in [1.29, 1.82) is 0 Å². The minimum absolute atomic E-state index is 0.0410. The van der Waals surface area contributed by atoms with Gasteiger partial charge in [0.15, 0.2) is 0 Å². The molecule has 0 saturated carbocycles. The zero-order chi connectivity index (χ0) is 12.3. The van der Waals surface area contributed by atoms with Crippen LogP contribution in [0.2, 0.25) is 0 Å². The third-order valence-corrected chi connectivity index (χ3v) is 2.70. The highest BCUT2D eigenvalue weighted by atomic mass is 35.5. The van der Waals surface area contributed by atoms with Gasteiger partial charge in [0.2, 0.25) is 5.91 Å². The molecule has 4 heteroatoms. The minimum atomic E-state index is -0.209. The third kappa shape index (κ3) is 2.68. The van der Waals surface area contributed by atoms with E-state index in [1.54, 1.807) is 7.11 Å². The van der Waals surface area contributed by atoms with Crippen LogP contribution in [0.15, 0.2) is 36.4 Å². The molecule has 2 aromatic rings. The van der Waals surface area contributed by atoms with E-state index >= 15 is 0 Å². The molecule has 2 aromatic carbocycles. The molecule has 2 rings (SSSR count). The fourth-order valence-electron chi connectivity index (χ4n) is 1.62. The highest BCUT2D eigenvalue weighted by molar-refractivity contribution is 6.29. The molecule has 0 heterocycles. The molecule has 0 aromatic heterocycles. The number of methoxy groups -OCH3 is 1. The SMILES string of the molecule is COc1ccc2cc(NC(=O)CCl)ccc2c1. The topological polar surface area (TPSA) is 38.3 Å². The van der Waals surface area contributed by atoms with Crippen LogP contribution in [-0.4, -0.2) is 18.9 Å². The van der Waals surface area contributed by atoms with Crippen molar-refractivity contribution in [2.24, 2.45) is 0 Å². The second-order valence-corrected chi connectivity index (χ2v) is 3.88. The van der Waals surface area contributed by atoms with Crippen LogP contribution in [0.5, 0.6) is 5.75 Å². The second kappa shape index (κ2) is 5.06. The number of carbonyl (C=O) groups is 1. The highest BCUT2D eigenvalue weighted by Crippen LogP contribution is 2.23. The fraction of sp³-hybridized carbons (Fsp3) is 0.154. The average Bonchev–Trinajstić information content (AvgIpc) is 2.38. The smallest absolute Gasteiger partial charge is 0.239 e. The Hall–Kier alpha value is -1.74. The van der Waals surface area contributed by atoms with Gasteiger partial charge in [-0.1, -0.05) is 12.1 Å². The van der Waals surface area contributed by atoms with Gasteiger partial charge in [-0.3, -0.25) is 4.79 Å². The number of rotatable bonds is 3. The predicted octanol–water partition coefficient (Wildman–Crippen LogP) is 3.03. The lowest BCUT2D eigenvalue weighted by Crippen LogP contribution is -2.12. The van der Waals surface area contributed by atoms with Crippen LogP contribution in [0, 0.1) is 0 Å². The Bertz CT molecular complexity index is 554. The normalized spacial score (nSPS) is 10.2. The van der Waals surface area contributed by atoms with Gasteiger partial charge < -0.3 is 10.1 Å². The molecule has 0 atom stereocenters. The van der Waals surface area contributed by atoms with Crippen molar-refractivity contribution < 1.29 is 9.53 Å². The number of hydrogen-bond acceptors (Lipinski definition) is 2. The molecule has 0 aliphatic rings. The number of fused-ring (bicyclic) bond motifs is 1. The predicted molar refractivity (Wildman–Crippen MR) is 69.8 cm³/mol. The van der Waals surface area contributed by atoms with Crippen molar-refractivity contribution in [2.45, 2.75) is 0 Å². The van der Waals surface area contributed by atoms with Gasteiger partial charge in [-0.25, -0.2) is 0 Å². The van der Waals surface area contributed by atoms with Gasteiger partial charge >= 0.3 is 0 Å². The van der Waals surface area contributed by atoms with E-state index in [-0.39, 0.29) is 11.8 Å². The zero-order valence-corrected chi connectivity index (χ0v) is 10.1. The summed E-state index contributed by atoms with van der Waals surface area (Å²) < 4.78 is 5.15. The number of halogens is 1. The van der Waals surface area contributed by atoms with Crippen molar-refractivity contribution in [2.75, 3.05) is 18.3 Å². The molecule has 88 valence electrons. The van der Waals surface area contributed by atoms with E-state index in [9.17, 15) is 4.79 Å². The van der Waals surface area contributed by atoms with E-state index in [0.717, 1.165) is 22.2 Å². The molecule has 17 heavy (non-hydrogen) atoms. The fourth-order valence-corrected chi connectivity index (χ4v) is 1.69. The molecule has 3 nitrogen and oxygen atoms in total. The maximum Gasteiger partial charge on any atom is 0.239 e. The molecule has 0 aliphatic heterocycles. The number of anilines is 1. The maximum atomic E-state index is 11.2. The summed E-state index contributed by atoms with van der Waals surface area (Å²) in [4.78, 5) is 11.2. The first-order valence-corrected chi connectivity index (χ1v) is 5.70. The Morgan fingerprint density at radius 2 is 1.94 bits per heavy atom. The summed E-state index contributed by atoms with van der Waals surface area (Å²) in [6, 6.07) is 11.5. The Kier molecular flexibility index (Phi) is 3.49. The third-order valence-electron chi connectivity index (χ3n) is 2.45. The molecule has 0 aliphatic carbocycles. The van der Waals surface area contributed by atoms with Crippen LogP contribution in [0.1, 0.15) is 0 Å². The summed E-state index contributed by atoms with van der Waals surface area (Å²) in [5.41, 5.74) is 0.744. The first kappa shape index (κ1) is 11.7. The lowest BCUT2D eigenvalue weighted by atomic mass is 10.1. The minimum Gasteiger partial charge on any atom is -0.497 e. The van der Waals surface area contributed by atoms with Crippen LogP contribution in [0.3, 0.4) is 0 Å². The summed E-state index contributed by atoms with van der Waals surface area (Å²) in [5.74, 6) is 0.565. The molecule has 1 N–H and O–H groups in total. The number of nitrogens with one attached hydrogen (secondary N) is 1. The molecule has 0 spiro atoms. The molecular weight excluding hydrogens is 238 g/mol. The van der Waals surface area contributed by atoms with Gasteiger partial charge in [-0.05, 0) is 35.0 Å². The van der Waals surface area contributed by atoms with Crippen molar-refractivity contribution in [1.82, 2.24) is 0 Å². The lowest BCUT2D eigenvalue weighted by molar-refractivity contribution is -0.113. The number of carbonyl (C=O) groups excluding carboxylic acids is 1. The number of hydrogen-bond donors (Lipinski definition) is 1. The quantitative estimate of drug-likeness (QED) is 0.850. The molecule has 0 fully saturated rings. The Morgan fingerprint density at radius 3 is 2.65 bits per heavy atom. The van der Waals surface area contributed by atoms with Crippen molar-refractivity contribution in [3.05, 3.63) is 36.4 Å². The first-order chi connectivity index (χ1) is 8.22. The average molecular weight is 250 g/mol. The number of alkyl halides is 1. The Morgan fingerprint density at radius 1 is 1.24 bits per heavy atom. The van der Waals surface area contributed by atoms with Gasteiger partial charge in [0.05, 0.1) is 7.11 Å². The summed E-state index contributed by atoms with van der Waals surface area (Å²) in [7, 11) is 1.64. The summed E-state index contributed by atoms with van der Waals surface area (Å²) in [6.07, 6.45) is 0. The first-order valence-electron chi connectivity index (χ1n) is 5.16. The van der Waals surface area contributed by atoms with Crippen molar-refractivity contribution in [3.63, 3.8) is 0 Å². The van der Waals surface area contributed by atoms with Gasteiger partial charge in [0.1, 0.15) is 11.6 Å². The Labute approximate surface area is 104 Å². The van der Waals surface area contributed by atoms with Gasteiger partial charge in [-0.2, -0.15) is 0 Å². The number of benzene rings is 2. The molecular formula is C13H12ClNO2. The van der Waals surface area contributed by atoms with E-state index in [2.05, 4.69) is 5.32 Å². The van der Waals surface area contributed by atoms with Crippen LogP contribution in [0.4, 0.5) is 5.69 Å². The van der Waals surface area contributed by atoms with Crippen LogP contribution >= 0.6 is 11.6 Å². The van der Waals surface area contributed by atoms with Crippen LogP contribution in [-0.2, 0) is 4.79 Å². The van der Waals surface area contributed by atoms with E-state index in [1.807, 2.05) is 36.4 Å². The van der Waals surface area contributed by atoms with Crippen molar-refractivity contribution >= 4 is 34.0 Å². The van der Waals surface area contributed by atoms with E-state index in [4.69, 9.17) is 16.3 Å². The van der Waals surface area contributed by atoms with Crippen LogP contribution < -0.4 is 10.1 Å². The zero-order valence-electron chi connectivity index (χ0n) is 9.37. The van der Waals surface area contributed by atoms with Crippen LogP contribution in [0.25, 0.3) is 10.8 Å². The monoisotopic (exact) mass is 249 g/mol. The number of amides is 1. The largest absolute Gasteiger partial charge is 0.497 e. The van der Waals surface area contributed by atoms with Crippen molar-refractivity contribution in [3.8, 4) is 5.75 Å². The van der Waals surface area contributed by atoms with Gasteiger partial charge in [-0.15, -0.1) is 11.6 Å². The second-order valence-electron chi connectivity index (χ2n) is 3.61. The molecule has 0 bridgehead atoms. The van der Waals surface area contributed by atoms with E-state index in [1.165, 1.54) is 0 Å². The summed E-state index contributed by atoms with van der Waals surface area (Å²) in [6.45, 7) is 0. The van der Waals surface area contributed by atoms with Gasteiger partial charge in [0.25, 0.3) is 0 Å². The Balaban J connectivity index is 2.34. The molecule has 1 amide bonds. The molecule has 0 saturated heterocycles. The number of ether oxygens (including phenoxy) is 1. The molecule has 0 radical (unpaired) electrons. The van der Waals surface area contributed by atoms with E-state index < -0.39 is 0 Å².